The average molecular weight is 618 g/mol. The summed E-state index contributed by atoms with van der Waals surface area (Å²) in [5.41, 5.74) is 2.75. The number of amides is 1. The van der Waals surface area contributed by atoms with Gasteiger partial charge in [-0.15, -0.1) is 21.5 Å². The molecule has 0 saturated heterocycles. The molecule has 0 radical (unpaired) electrons. The van der Waals surface area contributed by atoms with Gasteiger partial charge in [-0.25, -0.2) is 18.2 Å². The SMILES string of the molecule is Cc1nnc(-c2c(CCc3ccc(F)cc3)nc(OC(C)C)c(C#N)c2-c2ccc(C(=O)NCc3ccc(F)c(F)c3)s2)o1. The fourth-order valence-electron chi connectivity index (χ4n) is 4.51. The van der Waals surface area contributed by atoms with Gasteiger partial charge in [0.25, 0.3) is 5.91 Å². The molecule has 44 heavy (non-hydrogen) atoms. The lowest BCUT2D eigenvalue weighted by Gasteiger charge is -2.18. The third-order valence-corrected chi connectivity index (χ3v) is 7.62. The minimum Gasteiger partial charge on any atom is -0.474 e. The Balaban J connectivity index is 1.57. The van der Waals surface area contributed by atoms with Crippen molar-refractivity contribution in [2.75, 3.05) is 0 Å². The predicted octanol–water partition coefficient (Wildman–Crippen LogP) is 6.96. The average Bonchev–Trinajstić information content (AvgIpc) is 3.66. The third kappa shape index (κ3) is 6.79. The molecule has 1 N–H and O–H groups in total. The first-order valence-corrected chi connectivity index (χ1v) is 14.5. The maximum atomic E-state index is 13.6. The third-order valence-electron chi connectivity index (χ3n) is 6.51. The monoisotopic (exact) mass is 617 g/mol. The number of nitrogens with one attached hydrogen (secondary N) is 1. The van der Waals surface area contributed by atoms with Crippen molar-refractivity contribution in [3.05, 3.63) is 105 Å². The first kappa shape index (κ1) is 30.4. The Labute approximate surface area is 255 Å². The second kappa shape index (κ2) is 13.1. The molecule has 8 nitrogen and oxygen atoms in total. The topological polar surface area (TPSA) is 114 Å². The summed E-state index contributed by atoms with van der Waals surface area (Å²) in [6.45, 7) is 5.26. The number of ether oxygens (including phenoxy) is 1. The van der Waals surface area contributed by atoms with E-state index in [9.17, 15) is 23.2 Å². The summed E-state index contributed by atoms with van der Waals surface area (Å²) in [5.74, 6) is -2.20. The van der Waals surface area contributed by atoms with Crippen molar-refractivity contribution in [2.24, 2.45) is 0 Å². The fourth-order valence-corrected chi connectivity index (χ4v) is 5.49. The van der Waals surface area contributed by atoms with Gasteiger partial charge >= 0.3 is 0 Å². The van der Waals surface area contributed by atoms with Crippen LogP contribution in [0.5, 0.6) is 5.88 Å². The number of hydrogen-bond acceptors (Lipinski definition) is 8. The van der Waals surface area contributed by atoms with Gasteiger partial charge in [-0.3, -0.25) is 4.79 Å². The zero-order valence-electron chi connectivity index (χ0n) is 24.0. The molecule has 0 atom stereocenters. The number of carbonyl (C=O) groups is 1. The molecule has 0 aliphatic rings. The number of rotatable bonds is 10. The number of hydrogen-bond donors (Lipinski definition) is 1. The first-order chi connectivity index (χ1) is 21.1. The number of aromatic nitrogens is 3. The summed E-state index contributed by atoms with van der Waals surface area (Å²) >= 11 is 1.12. The molecular weight excluding hydrogens is 591 g/mol. The van der Waals surface area contributed by atoms with E-state index in [0.717, 1.165) is 29.0 Å². The van der Waals surface area contributed by atoms with Crippen molar-refractivity contribution in [1.82, 2.24) is 20.5 Å². The fraction of sp³-hybridized carbons (Fsp3) is 0.219. The molecule has 0 aliphatic carbocycles. The van der Waals surface area contributed by atoms with E-state index in [1.54, 1.807) is 31.2 Å². The number of nitriles is 1. The van der Waals surface area contributed by atoms with Crippen LogP contribution in [0.4, 0.5) is 13.2 Å². The molecule has 0 saturated carbocycles. The number of halogens is 3. The molecule has 3 aromatic heterocycles. The van der Waals surface area contributed by atoms with Crippen molar-refractivity contribution < 1.29 is 27.1 Å². The largest absolute Gasteiger partial charge is 0.474 e. The Bertz CT molecular complexity index is 1860. The van der Waals surface area contributed by atoms with Crippen LogP contribution in [0.2, 0.25) is 0 Å². The maximum absolute atomic E-state index is 13.6. The summed E-state index contributed by atoms with van der Waals surface area (Å²) in [6.07, 6.45) is 0.551. The van der Waals surface area contributed by atoms with Crippen molar-refractivity contribution in [3.63, 3.8) is 0 Å². The number of benzene rings is 2. The van der Waals surface area contributed by atoms with Crippen LogP contribution in [-0.4, -0.2) is 27.2 Å². The van der Waals surface area contributed by atoms with E-state index in [2.05, 4.69) is 21.6 Å². The van der Waals surface area contributed by atoms with Gasteiger partial charge in [-0.2, -0.15) is 5.26 Å². The van der Waals surface area contributed by atoms with Crippen LogP contribution in [0.25, 0.3) is 21.9 Å². The van der Waals surface area contributed by atoms with Crippen molar-refractivity contribution >= 4 is 17.2 Å². The van der Waals surface area contributed by atoms with Crippen molar-refractivity contribution in [1.29, 1.82) is 5.26 Å². The molecule has 2 aromatic carbocycles. The predicted molar refractivity (Wildman–Crippen MR) is 157 cm³/mol. The lowest BCUT2D eigenvalue weighted by atomic mass is 9.96. The molecule has 224 valence electrons. The number of carbonyl (C=O) groups excluding carboxylic acids is 1. The number of pyridine rings is 1. The lowest BCUT2D eigenvalue weighted by molar-refractivity contribution is 0.0955. The van der Waals surface area contributed by atoms with E-state index in [-0.39, 0.29) is 35.8 Å². The van der Waals surface area contributed by atoms with Crippen LogP contribution in [0, 0.1) is 35.7 Å². The zero-order valence-corrected chi connectivity index (χ0v) is 24.8. The van der Waals surface area contributed by atoms with Crippen LogP contribution < -0.4 is 10.1 Å². The van der Waals surface area contributed by atoms with Gasteiger partial charge in [-0.1, -0.05) is 18.2 Å². The highest BCUT2D eigenvalue weighted by molar-refractivity contribution is 7.17. The summed E-state index contributed by atoms with van der Waals surface area (Å²) in [5, 5.41) is 21.3. The Morgan fingerprint density at radius 2 is 1.75 bits per heavy atom. The highest BCUT2D eigenvalue weighted by Gasteiger charge is 2.28. The summed E-state index contributed by atoms with van der Waals surface area (Å²) in [6, 6.07) is 15.1. The summed E-state index contributed by atoms with van der Waals surface area (Å²) in [7, 11) is 0. The van der Waals surface area contributed by atoms with Crippen LogP contribution in [0.1, 0.15) is 51.8 Å². The summed E-state index contributed by atoms with van der Waals surface area (Å²) < 4.78 is 52.2. The van der Waals surface area contributed by atoms with Gasteiger partial charge in [0.2, 0.25) is 17.7 Å². The van der Waals surface area contributed by atoms with Crippen LogP contribution in [0.3, 0.4) is 0 Å². The van der Waals surface area contributed by atoms with Gasteiger partial charge in [0.05, 0.1) is 22.2 Å². The quantitative estimate of drug-likeness (QED) is 0.180. The second-order valence-electron chi connectivity index (χ2n) is 10.1. The minimum atomic E-state index is -1.00. The highest BCUT2D eigenvalue weighted by Crippen LogP contribution is 2.43. The van der Waals surface area contributed by atoms with E-state index < -0.39 is 17.5 Å². The highest BCUT2D eigenvalue weighted by atomic mass is 32.1. The normalized spacial score (nSPS) is 11.0. The first-order valence-electron chi connectivity index (χ1n) is 13.6. The van der Waals surface area contributed by atoms with Gasteiger partial charge in [-0.05, 0) is 74.2 Å². The lowest BCUT2D eigenvalue weighted by Crippen LogP contribution is -2.21. The van der Waals surface area contributed by atoms with Crippen LogP contribution >= 0.6 is 11.3 Å². The van der Waals surface area contributed by atoms with Crippen molar-refractivity contribution in [2.45, 2.75) is 46.3 Å². The molecule has 0 unspecified atom stereocenters. The van der Waals surface area contributed by atoms with Crippen LogP contribution in [0.15, 0.2) is 59.0 Å². The molecule has 12 heteroatoms. The van der Waals surface area contributed by atoms with Crippen molar-refractivity contribution in [3.8, 4) is 33.8 Å². The van der Waals surface area contributed by atoms with E-state index >= 15 is 0 Å². The Hall–Kier alpha value is -5.02. The number of nitrogens with zero attached hydrogens (tertiary/aromatic N) is 4. The van der Waals surface area contributed by atoms with Crippen LogP contribution in [-0.2, 0) is 19.4 Å². The molecule has 1 amide bonds. The van der Waals surface area contributed by atoms with E-state index in [1.165, 1.54) is 18.2 Å². The van der Waals surface area contributed by atoms with E-state index in [0.29, 0.717) is 50.9 Å². The summed E-state index contributed by atoms with van der Waals surface area (Å²) in [4.78, 5) is 18.6. The van der Waals surface area contributed by atoms with Gasteiger partial charge in [0.1, 0.15) is 17.4 Å². The molecule has 0 bridgehead atoms. The second-order valence-corrected chi connectivity index (χ2v) is 11.2. The molecule has 3 heterocycles. The Morgan fingerprint density at radius 1 is 1.00 bits per heavy atom. The zero-order chi connectivity index (χ0) is 31.4. The van der Waals surface area contributed by atoms with Gasteiger partial charge < -0.3 is 14.5 Å². The van der Waals surface area contributed by atoms with E-state index in [1.807, 2.05) is 13.8 Å². The Morgan fingerprint density at radius 3 is 2.41 bits per heavy atom. The molecular formula is C32H26F3N5O3S. The molecule has 5 aromatic rings. The molecule has 0 spiro atoms. The van der Waals surface area contributed by atoms with Gasteiger partial charge in [0, 0.05) is 23.9 Å². The Kier molecular flexibility index (Phi) is 9.06. The van der Waals surface area contributed by atoms with Gasteiger partial charge in [0.15, 0.2) is 11.6 Å². The standard InChI is InChI=1S/C32H26F3N5O3S/c1-17(2)42-31-22(15-36)28(26-12-13-27(44-26)30(41)37-16-20-6-10-23(34)24(35)14-20)29(32-40-39-18(3)43-32)25(38-31)11-7-19-4-8-21(33)9-5-19/h4-6,8-10,12-14,17H,7,11,16H2,1-3H3,(H,37,41). The number of thiophene rings is 1. The number of aryl methyl sites for hydroxylation is 3. The molecule has 0 aliphatic heterocycles. The van der Waals surface area contributed by atoms with E-state index in [4.69, 9.17) is 14.1 Å². The smallest absolute Gasteiger partial charge is 0.261 e. The maximum Gasteiger partial charge on any atom is 0.261 e. The molecule has 0 fully saturated rings. The molecule has 5 rings (SSSR count). The minimum absolute atomic E-state index is 0.0195.